The van der Waals surface area contributed by atoms with E-state index in [-0.39, 0.29) is 12.3 Å². The molecule has 1 aromatic rings. The Hall–Kier alpha value is -1.19. The minimum Gasteiger partial charge on any atom is -0.390 e. The molecule has 3 heteroatoms. The number of benzene rings is 1. The highest BCUT2D eigenvalue weighted by atomic mass is 16.3. The maximum atomic E-state index is 9.63. The molecule has 0 aliphatic heterocycles. The van der Waals surface area contributed by atoms with Crippen molar-refractivity contribution in [1.29, 1.82) is 5.41 Å². The normalized spacial score (nSPS) is 19.4. The first-order valence-corrected chi connectivity index (χ1v) is 4.72. The van der Waals surface area contributed by atoms with Crippen molar-refractivity contribution in [2.45, 2.75) is 18.9 Å². The molecule has 0 bridgehead atoms. The largest absolute Gasteiger partial charge is 0.390 e. The van der Waals surface area contributed by atoms with E-state index in [0.29, 0.717) is 0 Å². The molecule has 0 heterocycles. The van der Waals surface area contributed by atoms with Gasteiger partial charge in [0.15, 0.2) is 0 Å². The van der Waals surface area contributed by atoms with Crippen molar-refractivity contribution in [3.8, 4) is 0 Å². The van der Waals surface area contributed by atoms with Crippen molar-refractivity contribution in [3.63, 3.8) is 0 Å². The average Bonchev–Trinajstić information content (AvgIpc) is 2.59. The molecule has 0 radical (unpaired) electrons. The smallest absolute Gasteiger partial charge is 0.0852 e. The lowest BCUT2D eigenvalue weighted by molar-refractivity contribution is 0.180. The van der Waals surface area contributed by atoms with Crippen molar-refractivity contribution in [1.82, 2.24) is 0 Å². The Morgan fingerprint density at radius 3 is 3.00 bits per heavy atom. The van der Waals surface area contributed by atoms with Gasteiger partial charge in [0.2, 0.25) is 0 Å². The molecule has 1 unspecified atom stereocenters. The van der Waals surface area contributed by atoms with Crippen LogP contribution in [-0.2, 0) is 6.42 Å². The zero-order chi connectivity index (χ0) is 10.1. The van der Waals surface area contributed by atoms with E-state index in [4.69, 9.17) is 10.5 Å². The lowest BCUT2D eigenvalue weighted by Crippen LogP contribution is -2.08. The fourth-order valence-electron chi connectivity index (χ4n) is 2.00. The van der Waals surface area contributed by atoms with Crippen LogP contribution in [0.25, 0.3) is 0 Å². The maximum Gasteiger partial charge on any atom is 0.0852 e. The maximum absolute atomic E-state index is 9.63. The van der Waals surface area contributed by atoms with E-state index in [2.05, 4.69) is 0 Å². The Morgan fingerprint density at radius 2 is 2.29 bits per heavy atom. The van der Waals surface area contributed by atoms with E-state index in [0.717, 1.165) is 29.5 Å². The van der Waals surface area contributed by atoms with Gasteiger partial charge in [-0.25, -0.2) is 0 Å². The van der Waals surface area contributed by atoms with Gasteiger partial charge in [-0.15, -0.1) is 0 Å². The van der Waals surface area contributed by atoms with E-state index in [9.17, 15) is 5.11 Å². The fraction of sp³-hybridized carbons (Fsp3) is 0.364. The summed E-state index contributed by atoms with van der Waals surface area (Å²) >= 11 is 0. The number of hydrogen-bond donors (Lipinski definition) is 3. The Balaban J connectivity index is 2.49. The van der Waals surface area contributed by atoms with Gasteiger partial charge in [0, 0.05) is 5.56 Å². The molecule has 2 rings (SSSR count). The van der Waals surface area contributed by atoms with Crippen LogP contribution in [0.2, 0.25) is 0 Å². The second kappa shape index (κ2) is 3.52. The highest BCUT2D eigenvalue weighted by Gasteiger charge is 2.23. The number of rotatable bonds is 2. The summed E-state index contributed by atoms with van der Waals surface area (Å²) in [7, 11) is 0. The summed E-state index contributed by atoms with van der Waals surface area (Å²) in [4.78, 5) is 0. The summed E-state index contributed by atoms with van der Waals surface area (Å²) in [5.74, 6) is 0. The number of aliphatic hydroxyl groups is 2. The molecular weight excluding hydrogens is 178 g/mol. The predicted molar refractivity (Wildman–Crippen MR) is 53.6 cm³/mol. The van der Waals surface area contributed by atoms with Gasteiger partial charge in [-0.3, -0.25) is 0 Å². The van der Waals surface area contributed by atoms with Crippen LogP contribution in [0.1, 0.15) is 29.2 Å². The molecule has 74 valence electrons. The number of nitrogens with one attached hydrogen (secondary N) is 1. The molecule has 3 N–H and O–H groups in total. The summed E-state index contributed by atoms with van der Waals surface area (Å²) in [6.45, 7) is -0.244. The Bertz CT molecular complexity index is 374. The third-order valence-corrected chi connectivity index (χ3v) is 2.72. The predicted octanol–water partition coefficient (Wildman–Crippen LogP) is 1.03. The van der Waals surface area contributed by atoms with Crippen LogP contribution in [0.4, 0.5) is 0 Å². The van der Waals surface area contributed by atoms with Crippen molar-refractivity contribution in [3.05, 3.63) is 34.9 Å². The lowest BCUT2D eigenvalue weighted by Gasteiger charge is -2.08. The molecule has 1 aliphatic rings. The highest BCUT2D eigenvalue weighted by Crippen LogP contribution is 2.33. The van der Waals surface area contributed by atoms with E-state index in [1.807, 2.05) is 18.2 Å². The minimum absolute atomic E-state index is 0.232. The lowest BCUT2D eigenvalue weighted by atomic mass is 9.99. The van der Waals surface area contributed by atoms with Crippen LogP contribution in [-0.4, -0.2) is 22.5 Å². The zero-order valence-corrected chi connectivity index (χ0v) is 7.83. The Labute approximate surface area is 82.5 Å². The average molecular weight is 191 g/mol. The van der Waals surface area contributed by atoms with Gasteiger partial charge in [0.1, 0.15) is 0 Å². The number of fused-ring (bicyclic) bond motifs is 1. The molecule has 3 nitrogen and oxygen atoms in total. The Kier molecular flexibility index (Phi) is 2.35. The van der Waals surface area contributed by atoms with Crippen LogP contribution in [0.5, 0.6) is 0 Å². The molecule has 1 aromatic carbocycles. The van der Waals surface area contributed by atoms with Crippen molar-refractivity contribution in [2.24, 2.45) is 0 Å². The fourth-order valence-corrected chi connectivity index (χ4v) is 2.00. The molecule has 0 fully saturated rings. The number of aliphatic hydroxyl groups excluding tert-OH is 2. The van der Waals surface area contributed by atoms with Crippen molar-refractivity contribution < 1.29 is 10.2 Å². The van der Waals surface area contributed by atoms with E-state index in [1.165, 1.54) is 0 Å². The summed E-state index contributed by atoms with van der Waals surface area (Å²) in [5.41, 5.74) is 2.96. The van der Waals surface area contributed by atoms with Crippen molar-refractivity contribution in [2.75, 3.05) is 6.61 Å². The second-order valence-electron chi connectivity index (χ2n) is 3.56. The van der Waals surface area contributed by atoms with Crippen LogP contribution in [0, 0.1) is 5.41 Å². The third-order valence-electron chi connectivity index (χ3n) is 2.72. The van der Waals surface area contributed by atoms with Crippen LogP contribution >= 0.6 is 0 Å². The molecular formula is C11H13NO2. The van der Waals surface area contributed by atoms with Crippen LogP contribution in [0.15, 0.2) is 18.2 Å². The quantitative estimate of drug-likeness (QED) is 0.611. The van der Waals surface area contributed by atoms with E-state index < -0.39 is 6.10 Å². The topological polar surface area (TPSA) is 64.3 Å². The van der Waals surface area contributed by atoms with Gasteiger partial charge in [-0.05, 0) is 24.0 Å². The first-order valence-electron chi connectivity index (χ1n) is 4.72. The minimum atomic E-state index is -0.392. The summed E-state index contributed by atoms with van der Waals surface area (Å²) in [5, 5.41) is 26.1. The standard InChI is InChI=1S/C11H13NO2/c12-10(6-13)8-2-1-3-9-7(8)4-5-11(9)14/h1-3,11-14H,4-6H2. The summed E-state index contributed by atoms with van der Waals surface area (Å²) in [6, 6.07) is 5.55. The monoisotopic (exact) mass is 191 g/mol. The van der Waals surface area contributed by atoms with Gasteiger partial charge in [-0.1, -0.05) is 18.2 Å². The van der Waals surface area contributed by atoms with Gasteiger partial charge < -0.3 is 15.6 Å². The second-order valence-corrected chi connectivity index (χ2v) is 3.56. The molecule has 0 amide bonds. The first-order chi connectivity index (χ1) is 6.74. The SMILES string of the molecule is N=C(CO)c1cccc2c1CCC2O. The highest BCUT2D eigenvalue weighted by molar-refractivity contribution is 6.00. The molecule has 1 atom stereocenters. The molecule has 0 aromatic heterocycles. The number of hydrogen-bond acceptors (Lipinski definition) is 3. The van der Waals surface area contributed by atoms with E-state index in [1.54, 1.807) is 0 Å². The summed E-state index contributed by atoms with van der Waals surface area (Å²) in [6.07, 6.45) is 1.14. The van der Waals surface area contributed by atoms with E-state index >= 15 is 0 Å². The van der Waals surface area contributed by atoms with Crippen molar-refractivity contribution >= 4 is 5.71 Å². The first kappa shape index (κ1) is 9.37. The zero-order valence-electron chi connectivity index (χ0n) is 7.83. The molecule has 1 aliphatic carbocycles. The van der Waals surface area contributed by atoms with Gasteiger partial charge >= 0.3 is 0 Å². The van der Waals surface area contributed by atoms with Gasteiger partial charge in [-0.2, -0.15) is 0 Å². The van der Waals surface area contributed by atoms with Crippen LogP contribution in [0.3, 0.4) is 0 Å². The molecule has 14 heavy (non-hydrogen) atoms. The van der Waals surface area contributed by atoms with Gasteiger partial charge in [0.25, 0.3) is 0 Å². The summed E-state index contributed by atoms with van der Waals surface area (Å²) < 4.78 is 0. The Morgan fingerprint density at radius 1 is 1.50 bits per heavy atom. The van der Waals surface area contributed by atoms with Crippen LogP contribution < -0.4 is 0 Å². The third kappa shape index (κ3) is 1.35. The molecule has 0 saturated carbocycles. The van der Waals surface area contributed by atoms with Gasteiger partial charge in [0.05, 0.1) is 18.4 Å². The molecule has 0 saturated heterocycles. The molecule has 0 spiro atoms.